The summed E-state index contributed by atoms with van der Waals surface area (Å²) in [7, 11) is 0. The fraction of sp³-hybridized carbons (Fsp3) is 0.781. The van der Waals surface area contributed by atoms with Gasteiger partial charge in [-0.2, -0.15) is 0 Å². The van der Waals surface area contributed by atoms with Crippen LogP contribution in [0.1, 0.15) is 83.6 Å². The number of hydrogen-bond acceptors (Lipinski definition) is 8. The van der Waals surface area contributed by atoms with Crippen molar-refractivity contribution in [2.75, 3.05) is 57.4 Å². The van der Waals surface area contributed by atoms with Crippen LogP contribution in [0, 0.1) is 6.92 Å². The number of nitrogens with zero attached hydrogens (tertiary/aromatic N) is 5. The molecule has 240 valence electrons. The first kappa shape index (κ1) is 37.2. The van der Waals surface area contributed by atoms with Gasteiger partial charge in [-0.3, -0.25) is 4.79 Å². The Labute approximate surface area is 285 Å². The average molecular weight is 826 g/mol. The van der Waals surface area contributed by atoms with Crippen molar-refractivity contribution in [2.24, 2.45) is 5.73 Å². The Bertz CT molecular complexity index is 1110. The Hall–Kier alpha value is -0.213. The molecule has 0 aliphatic carbocycles. The summed E-state index contributed by atoms with van der Waals surface area (Å²) >= 11 is 2.23. The SMILES string of the molecule is CCC[CH2][Sn]([CH2]CCC)[CH2]CCC.Cc1c(CN2CCN(C(C)(C)C(N)=O)CC2)sc2c(N3CCOCC3)n[c]([Sn])nc12. The molecular formula is C32H56N6O2SSn2. The number of aromatic nitrogens is 2. The van der Waals surface area contributed by atoms with E-state index in [1.165, 1.54) is 76.2 Å². The number of carbonyl (C=O) groups excluding carboxylic acids is 1. The first-order valence-corrected chi connectivity index (χ1v) is 24.9. The second-order valence-corrected chi connectivity index (χ2v) is 23.5. The van der Waals surface area contributed by atoms with Crippen LogP contribution in [0.25, 0.3) is 10.2 Å². The number of ether oxygens (including phenoxy) is 1. The van der Waals surface area contributed by atoms with E-state index in [2.05, 4.69) is 42.4 Å². The molecule has 43 heavy (non-hydrogen) atoms. The second-order valence-electron chi connectivity index (χ2n) is 12.5. The van der Waals surface area contributed by atoms with Crippen LogP contribution in [0.5, 0.6) is 0 Å². The van der Waals surface area contributed by atoms with Crippen LogP contribution in [0.15, 0.2) is 0 Å². The van der Waals surface area contributed by atoms with Crippen LogP contribution in [-0.2, 0) is 16.1 Å². The van der Waals surface area contributed by atoms with Gasteiger partial charge in [0.1, 0.15) is 0 Å². The molecule has 2 aliphatic rings. The van der Waals surface area contributed by atoms with Crippen molar-refractivity contribution >= 4 is 79.4 Å². The molecule has 4 heterocycles. The second kappa shape index (κ2) is 18.8. The van der Waals surface area contributed by atoms with Crippen LogP contribution in [0.3, 0.4) is 0 Å². The average Bonchev–Trinajstić information content (AvgIpc) is 3.31. The Balaban J connectivity index is 0.000000331. The van der Waals surface area contributed by atoms with E-state index < -0.39 is 25.3 Å². The number of morpholine rings is 1. The van der Waals surface area contributed by atoms with Crippen molar-refractivity contribution in [1.29, 1.82) is 0 Å². The summed E-state index contributed by atoms with van der Waals surface area (Å²) in [6.45, 7) is 20.7. The molecule has 11 heteroatoms. The molecule has 0 spiro atoms. The van der Waals surface area contributed by atoms with Crippen molar-refractivity contribution < 1.29 is 9.53 Å². The molecule has 8 nitrogen and oxygen atoms in total. The summed E-state index contributed by atoms with van der Waals surface area (Å²) in [5, 5.41) is 0. The molecule has 2 fully saturated rings. The first-order valence-electron chi connectivity index (χ1n) is 16.6. The zero-order valence-corrected chi connectivity index (χ0v) is 34.3. The van der Waals surface area contributed by atoms with E-state index in [0.29, 0.717) is 0 Å². The molecule has 4 rings (SSSR count). The standard InChI is InChI=1S/C20H29N6O2S.3C4H9.2Sn/c1-14-15(12-24-4-6-26(7-5-24)20(2,3)19(21)27)29-17-16(14)22-13-23-18(17)25-8-10-28-11-9-25;3*1-3-4-2;;/h4-12H2,1-3H3,(H2,21,27);3*1,3-4H2,2H3;;. The minimum absolute atomic E-state index is 0.261. The number of piperazine rings is 1. The third-order valence-electron chi connectivity index (χ3n) is 8.94. The number of aryl methyl sites for hydroxylation is 1. The van der Waals surface area contributed by atoms with Crippen LogP contribution >= 0.6 is 11.3 Å². The molecule has 2 saturated heterocycles. The molecule has 2 N–H and O–H groups in total. The molecular weight excluding hydrogens is 770 g/mol. The zero-order chi connectivity index (χ0) is 31.4. The van der Waals surface area contributed by atoms with Gasteiger partial charge in [-0.15, -0.1) is 0 Å². The molecule has 0 saturated carbocycles. The number of fused-ring (bicyclic) bond motifs is 1. The molecule has 0 atom stereocenters. The third-order valence-corrected chi connectivity index (χ3v) is 19.9. The quantitative estimate of drug-likeness (QED) is 0.272. The Morgan fingerprint density at radius 3 is 2.02 bits per heavy atom. The van der Waals surface area contributed by atoms with Crippen molar-refractivity contribution in [3.63, 3.8) is 0 Å². The number of amides is 1. The number of carbonyl (C=O) groups is 1. The number of thiophene rings is 1. The van der Waals surface area contributed by atoms with Crippen molar-refractivity contribution in [3.05, 3.63) is 10.4 Å². The monoisotopic (exact) mass is 828 g/mol. The summed E-state index contributed by atoms with van der Waals surface area (Å²) in [4.78, 5) is 29.8. The van der Waals surface area contributed by atoms with Gasteiger partial charge in [-0.1, -0.05) is 0 Å². The minimum atomic E-state index is -0.839. The van der Waals surface area contributed by atoms with Crippen LogP contribution in [0.2, 0.25) is 13.3 Å². The Morgan fingerprint density at radius 1 is 0.953 bits per heavy atom. The summed E-state index contributed by atoms with van der Waals surface area (Å²) in [5.41, 5.74) is 7.38. The fourth-order valence-electron chi connectivity index (χ4n) is 5.74. The zero-order valence-electron chi connectivity index (χ0n) is 27.8. The van der Waals surface area contributed by atoms with E-state index in [1.54, 1.807) is 13.3 Å². The molecule has 2 aromatic rings. The fourth-order valence-corrected chi connectivity index (χ4v) is 17.1. The van der Waals surface area contributed by atoms with E-state index in [0.717, 1.165) is 74.2 Å². The molecule has 0 unspecified atom stereocenters. The Kier molecular flexibility index (Phi) is 16.3. The number of rotatable bonds is 14. The van der Waals surface area contributed by atoms with Crippen molar-refractivity contribution in [3.8, 4) is 0 Å². The van der Waals surface area contributed by atoms with Gasteiger partial charge in [0.2, 0.25) is 0 Å². The maximum atomic E-state index is 11.8. The third kappa shape index (κ3) is 10.9. The summed E-state index contributed by atoms with van der Waals surface area (Å²) in [6, 6.07) is 0. The van der Waals surface area contributed by atoms with Gasteiger partial charge >= 0.3 is 277 Å². The van der Waals surface area contributed by atoms with E-state index in [1.807, 2.05) is 25.2 Å². The van der Waals surface area contributed by atoms with Gasteiger partial charge in [0.05, 0.1) is 0 Å². The van der Waals surface area contributed by atoms with E-state index in [-0.39, 0.29) is 5.91 Å². The molecule has 0 aromatic carbocycles. The summed E-state index contributed by atoms with van der Waals surface area (Å²) in [5.74, 6) is 0.811. The molecule has 4 radical (unpaired) electrons. The normalized spacial score (nSPS) is 17.0. The molecule has 2 aliphatic heterocycles. The van der Waals surface area contributed by atoms with Gasteiger partial charge in [-0.25, -0.2) is 0 Å². The topological polar surface area (TPSA) is 87.8 Å². The van der Waals surface area contributed by atoms with Gasteiger partial charge in [0.25, 0.3) is 0 Å². The summed E-state index contributed by atoms with van der Waals surface area (Å²) < 4.78 is 12.7. The van der Waals surface area contributed by atoms with Gasteiger partial charge in [0.15, 0.2) is 0 Å². The van der Waals surface area contributed by atoms with Crippen molar-refractivity contribution in [1.82, 2.24) is 19.8 Å². The van der Waals surface area contributed by atoms with Gasteiger partial charge in [0, 0.05) is 0 Å². The Morgan fingerprint density at radius 2 is 1.51 bits per heavy atom. The predicted octanol–water partition coefficient (Wildman–Crippen LogP) is 4.89. The molecule has 2 aromatic heterocycles. The number of anilines is 1. The number of hydrogen-bond donors (Lipinski definition) is 1. The van der Waals surface area contributed by atoms with Crippen molar-refractivity contribution in [2.45, 2.75) is 105 Å². The molecule has 0 bridgehead atoms. The first-order chi connectivity index (χ1) is 20.6. The maximum absolute atomic E-state index is 11.8. The van der Waals surface area contributed by atoms with Gasteiger partial charge < -0.3 is 5.73 Å². The van der Waals surface area contributed by atoms with E-state index in [4.69, 9.17) is 20.4 Å². The number of unbranched alkanes of at least 4 members (excludes halogenated alkanes) is 3. The number of primary amides is 1. The van der Waals surface area contributed by atoms with Gasteiger partial charge in [-0.05, 0) is 0 Å². The molecule has 1 amide bonds. The van der Waals surface area contributed by atoms with E-state index in [9.17, 15) is 4.79 Å². The van der Waals surface area contributed by atoms with Crippen LogP contribution in [-0.4, -0.2) is 126 Å². The van der Waals surface area contributed by atoms with E-state index >= 15 is 0 Å². The summed E-state index contributed by atoms with van der Waals surface area (Å²) in [6.07, 6.45) is 8.85. The van der Waals surface area contributed by atoms with Crippen LogP contribution in [0.4, 0.5) is 5.82 Å². The number of nitrogens with two attached hydrogens (primary N) is 1. The predicted molar refractivity (Wildman–Crippen MR) is 186 cm³/mol. The van der Waals surface area contributed by atoms with Crippen LogP contribution < -0.4 is 14.5 Å².